The number of carbonyl (C=O) groups excluding carboxylic acids is 2. The number of β-amino-alcohol motifs (C(OH)–C–C–N with tert-alkyl or cyclic N) is 1. The van der Waals surface area contributed by atoms with E-state index in [-0.39, 0.29) is 86.1 Å². The van der Waals surface area contributed by atoms with E-state index in [4.69, 9.17) is 98.0 Å². The van der Waals surface area contributed by atoms with Crippen LogP contribution in [0.25, 0.3) is 10.8 Å². The Bertz CT molecular complexity index is 3150. The highest BCUT2D eigenvalue weighted by Gasteiger charge is 2.39. The van der Waals surface area contributed by atoms with Gasteiger partial charge in [-0.15, -0.1) is 49.6 Å². The zero-order chi connectivity index (χ0) is 66.5. The molecule has 5 aromatic carbocycles. The van der Waals surface area contributed by atoms with Gasteiger partial charge in [0.2, 0.25) is 0 Å². The molecule has 4 aliphatic carbocycles. The number of nitrogens with zero attached hydrogens (tertiary/aromatic N) is 4. The topological polar surface area (TPSA) is 123 Å². The Hall–Kier alpha value is -2.00. The molecule has 99 heavy (non-hydrogen) atoms. The summed E-state index contributed by atoms with van der Waals surface area (Å²) >= 11 is 37.3. The monoisotopic (exact) mass is 1570 g/mol. The summed E-state index contributed by atoms with van der Waals surface area (Å²) in [7, 11) is 0. The number of hydrogen-bond acceptors (Lipinski definition) is 13. The zero-order valence-electron chi connectivity index (χ0n) is 57.2. The van der Waals surface area contributed by atoms with Crippen molar-refractivity contribution in [2.24, 2.45) is 0 Å². The molecule has 5 aromatic rings. The maximum absolute atomic E-state index is 11.6. The summed E-state index contributed by atoms with van der Waals surface area (Å²) < 4.78 is 36.0. The van der Waals surface area contributed by atoms with Crippen molar-refractivity contribution >= 4 is 142 Å². The Kier molecular flexibility index (Phi) is 38.9. The maximum Gasteiger partial charge on any atom is 0.302 e. The fraction of sp³-hybridized carbons (Fsp3) is 0.605. The molecule has 4 saturated carbocycles. The van der Waals surface area contributed by atoms with Gasteiger partial charge in [0.15, 0.2) is 0 Å². The fourth-order valence-corrected chi connectivity index (χ4v) is 17.3. The summed E-state index contributed by atoms with van der Waals surface area (Å²) in [5.41, 5.74) is 4.09. The van der Waals surface area contributed by atoms with Gasteiger partial charge in [0, 0.05) is 125 Å². The molecule has 0 radical (unpaired) electrons. The molecule has 13 rings (SSSR count). The molecule has 1 N–H and O–H groups in total. The maximum atomic E-state index is 11.6. The molecule has 0 aromatic heterocycles. The summed E-state index contributed by atoms with van der Waals surface area (Å²) in [6.45, 7) is 12.6. The molecule has 4 aliphatic heterocycles. The standard InChI is InChI=1S/C24H31NO3.C18H25Cl2NO2.C17H23Cl2NO2.C17H21Cl2NO2.4ClH/c1-18(26)28-21-13-15-25(17-21)23-11-4-5-12-24(23)27-16-14-20-9-6-8-19-7-2-3-10-22(19)20;19-15-4-3-5-16(20)14(15)9-11-23-18-7-2-1-6-17(18)21-10-8-13(22)12-21;18-14-4-3-5-15(19)13(14)12-22-17-7-2-1-6-16(17)20-8-10-21-11-9-20;18-14-4-3-5-15(19)13(14)11-22-17-7-2-1-6-16(17)20-9-8-12(21)10-20;;;;/h2-3,6-10,21,23-24H,4-5,11-17H2,1H3;3-5,13,17-18,22H,1-2,6-12H2;3-5,16-17H,1-2,6-12H2;3-5,16-17H,1-2,6-11H2;4*1H/t21?,23-,24?;;2*16-,17?;;;;/m1.11..../s1. The second kappa shape index (κ2) is 44.8. The number of hydrogen-bond donors (Lipinski definition) is 1. The number of ether oxygens (including phenoxy) is 6. The molecule has 552 valence electrons. The van der Waals surface area contributed by atoms with Crippen LogP contribution in [0.3, 0.4) is 0 Å². The van der Waals surface area contributed by atoms with E-state index < -0.39 is 0 Å². The molecule has 0 bridgehead atoms. The van der Waals surface area contributed by atoms with E-state index >= 15 is 0 Å². The van der Waals surface area contributed by atoms with E-state index in [0.717, 1.165) is 140 Å². The minimum absolute atomic E-state index is 0. The SMILES string of the molecule is CC(=O)OC1CCN([C@@H]2CCCCC2OCCc2cccc3ccccc23)C1.Cl.Cl.Cl.Cl.Clc1cccc(Cl)c1COC1CCCC[C@H]1N1CCOCC1.O=C1CCN([C@@H]2CCCCC2OCc2c(Cl)cccc2Cl)C1.OC1CCN(C2CCCCC2OCCc2c(Cl)cccc2Cl)C1. The van der Waals surface area contributed by atoms with Crippen LogP contribution in [0.1, 0.15) is 151 Å². The molecule has 4 heterocycles. The Balaban J connectivity index is 0.000000206. The Morgan fingerprint density at radius 3 is 1.37 bits per heavy atom. The number of fused-ring (bicyclic) bond motifs is 1. The Labute approximate surface area is 643 Å². The van der Waals surface area contributed by atoms with Crippen LogP contribution in [-0.2, 0) is 64.1 Å². The van der Waals surface area contributed by atoms with Crippen LogP contribution in [0, 0.1) is 0 Å². The number of morpholine rings is 1. The van der Waals surface area contributed by atoms with E-state index in [0.29, 0.717) is 99.0 Å². The van der Waals surface area contributed by atoms with Crippen LogP contribution in [0.4, 0.5) is 0 Å². The highest BCUT2D eigenvalue weighted by molar-refractivity contribution is 6.37. The molecule has 4 saturated heterocycles. The Morgan fingerprint density at radius 2 is 0.889 bits per heavy atom. The number of carbonyl (C=O) groups is 2. The summed E-state index contributed by atoms with van der Waals surface area (Å²) in [5, 5.41) is 16.5. The van der Waals surface area contributed by atoms with E-state index in [1.807, 2.05) is 54.6 Å². The van der Waals surface area contributed by atoms with Gasteiger partial charge >= 0.3 is 5.97 Å². The normalized spacial score (nSPS) is 26.0. The predicted octanol–water partition coefficient (Wildman–Crippen LogP) is 18.2. The van der Waals surface area contributed by atoms with Gasteiger partial charge in [-0.3, -0.25) is 29.2 Å². The van der Waals surface area contributed by atoms with Gasteiger partial charge in [-0.1, -0.05) is 182 Å². The van der Waals surface area contributed by atoms with Crippen molar-refractivity contribution < 1.29 is 43.1 Å². The van der Waals surface area contributed by atoms with Crippen LogP contribution >= 0.6 is 119 Å². The van der Waals surface area contributed by atoms with Gasteiger partial charge in [0.25, 0.3) is 0 Å². The highest BCUT2D eigenvalue weighted by atomic mass is 35.5. The average Bonchev–Trinajstić information content (AvgIpc) is 1.68. The summed E-state index contributed by atoms with van der Waals surface area (Å²) in [6, 6.07) is 33.6. The van der Waals surface area contributed by atoms with Crippen LogP contribution in [0.5, 0.6) is 0 Å². The lowest BCUT2D eigenvalue weighted by Gasteiger charge is -2.41. The predicted molar refractivity (Wildman–Crippen MR) is 413 cm³/mol. The highest BCUT2D eigenvalue weighted by Crippen LogP contribution is 2.36. The molecule has 10 atom stereocenters. The minimum Gasteiger partial charge on any atom is -0.461 e. The lowest BCUT2D eigenvalue weighted by molar-refractivity contribution is -0.145. The van der Waals surface area contributed by atoms with E-state index in [1.165, 1.54) is 93.9 Å². The molecule has 23 heteroatoms. The van der Waals surface area contributed by atoms with Crippen LogP contribution in [-0.4, -0.2) is 176 Å². The van der Waals surface area contributed by atoms with Crippen molar-refractivity contribution in [3.8, 4) is 0 Å². The third kappa shape index (κ3) is 25.6. The van der Waals surface area contributed by atoms with Crippen LogP contribution in [0.15, 0.2) is 97.1 Å². The summed E-state index contributed by atoms with van der Waals surface area (Å²) in [5.74, 6) is 0.178. The first-order chi connectivity index (χ1) is 46.3. The quantitative estimate of drug-likeness (QED) is 0.0790. The molecule has 13 nitrogen and oxygen atoms in total. The molecular weight excluding hydrogens is 1470 g/mol. The number of benzene rings is 5. The molecule has 8 fully saturated rings. The lowest BCUT2D eigenvalue weighted by Crippen LogP contribution is -2.51. The number of likely N-dealkylation sites (tertiary alicyclic amines) is 3. The first-order valence-corrected chi connectivity index (χ1v) is 37.7. The number of halogens is 10. The molecule has 0 amide bonds. The molecular formula is C76H104Cl10N4O9. The van der Waals surface area contributed by atoms with Crippen molar-refractivity contribution in [3.05, 3.63) is 149 Å². The number of esters is 1. The summed E-state index contributed by atoms with van der Waals surface area (Å²) in [4.78, 5) is 32.5. The lowest BCUT2D eigenvalue weighted by atomic mass is 9.91. The molecule has 7 unspecified atom stereocenters. The van der Waals surface area contributed by atoms with Crippen molar-refractivity contribution in [2.75, 3.05) is 78.8 Å². The molecule has 0 spiro atoms. The van der Waals surface area contributed by atoms with Crippen LogP contribution < -0.4 is 0 Å². The third-order valence-corrected chi connectivity index (χ3v) is 22.8. The average molecular weight is 1570 g/mol. The van der Waals surface area contributed by atoms with Crippen LogP contribution in [0.2, 0.25) is 30.1 Å². The van der Waals surface area contributed by atoms with Gasteiger partial charge in [0.05, 0.1) is 76.7 Å². The number of Topliss-reactive ketones (excluding diaryl/α,β-unsaturated/α-hetero) is 1. The second-order valence-corrected chi connectivity index (χ2v) is 29.5. The van der Waals surface area contributed by atoms with E-state index in [2.05, 4.69) is 62.1 Å². The number of aliphatic hydroxyl groups is 1. The van der Waals surface area contributed by atoms with Gasteiger partial charge in [-0.2, -0.15) is 0 Å². The second-order valence-electron chi connectivity index (χ2n) is 27.0. The Morgan fingerprint density at radius 1 is 0.465 bits per heavy atom. The summed E-state index contributed by atoms with van der Waals surface area (Å²) in [6.07, 6.45) is 24.0. The molecule has 8 aliphatic rings. The number of ketones is 1. The van der Waals surface area contributed by atoms with Gasteiger partial charge in [-0.25, -0.2) is 0 Å². The zero-order valence-corrected chi connectivity index (χ0v) is 65.0. The smallest absolute Gasteiger partial charge is 0.302 e. The fourth-order valence-electron chi connectivity index (χ4n) is 15.7. The first-order valence-electron chi connectivity index (χ1n) is 35.4. The third-order valence-electron chi connectivity index (χ3n) is 20.7. The van der Waals surface area contributed by atoms with Crippen molar-refractivity contribution in [3.63, 3.8) is 0 Å². The van der Waals surface area contributed by atoms with Crippen molar-refractivity contribution in [1.82, 2.24) is 19.6 Å². The van der Waals surface area contributed by atoms with E-state index in [1.54, 1.807) is 0 Å². The van der Waals surface area contributed by atoms with E-state index in [9.17, 15) is 14.7 Å². The minimum atomic E-state index is -0.168. The van der Waals surface area contributed by atoms with Crippen molar-refractivity contribution in [2.45, 2.75) is 216 Å². The van der Waals surface area contributed by atoms with Crippen molar-refractivity contribution in [1.29, 1.82) is 0 Å². The largest absolute Gasteiger partial charge is 0.461 e. The number of aliphatic hydroxyl groups excluding tert-OH is 1. The first kappa shape index (κ1) is 85.9. The number of rotatable bonds is 19. The van der Waals surface area contributed by atoms with Gasteiger partial charge in [0.1, 0.15) is 11.9 Å². The van der Waals surface area contributed by atoms with Gasteiger partial charge < -0.3 is 33.5 Å². The van der Waals surface area contributed by atoms with Gasteiger partial charge in [-0.05, 0) is 135 Å².